The molecule has 0 amide bonds. The molecule has 0 fully saturated rings. The summed E-state index contributed by atoms with van der Waals surface area (Å²) < 4.78 is 32.7. The lowest BCUT2D eigenvalue weighted by Gasteiger charge is -2.30. The van der Waals surface area contributed by atoms with Gasteiger partial charge in [0.15, 0.2) is 0 Å². The second-order valence-electron chi connectivity index (χ2n) is 9.66. The van der Waals surface area contributed by atoms with Crippen molar-refractivity contribution in [3.63, 3.8) is 0 Å². The Balaban J connectivity index is 1.59. The van der Waals surface area contributed by atoms with Crippen LogP contribution in [0.25, 0.3) is 5.00 Å². The maximum Gasteiger partial charge on any atom is 0.244 e. The van der Waals surface area contributed by atoms with Crippen LogP contribution in [0, 0.1) is 6.92 Å². The fourth-order valence-electron chi connectivity index (χ4n) is 5.60. The Morgan fingerprint density at radius 1 is 0.971 bits per heavy atom. The molecule has 0 bridgehead atoms. The van der Waals surface area contributed by atoms with Gasteiger partial charge in [-0.15, -0.1) is 11.3 Å². The molecule has 2 aliphatic rings. The van der Waals surface area contributed by atoms with Gasteiger partial charge in [-0.25, -0.2) is 8.42 Å². The predicted octanol–water partition coefficient (Wildman–Crippen LogP) is 6.58. The first-order chi connectivity index (χ1) is 17.0. The van der Waals surface area contributed by atoms with E-state index in [0.717, 1.165) is 41.6 Å². The minimum absolute atomic E-state index is 0.359. The van der Waals surface area contributed by atoms with Crippen molar-refractivity contribution in [2.75, 3.05) is 0 Å². The van der Waals surface area contributed by atoms with E-state index in [1.54, 1.807) is 16.4 Å². The van der Waals surface area contributed by atoms with Gasteiger partial charge in [0.25, 0.3) is 0 Å². The van der Waals surface area contributed by atoms with Crippen molar-refractivity contribution >= 4 is 21.4 Å². The fraction of sp³-hybridized carbons (Fsp3) is 0.310. The topological polar surface area (TPSA) is 42.3 Å². The summed E-state index contributed by atoms with van der Waals surface area (Å²) in [6.07, 6.45) is 7.49. The third-order valence-electron chi connectivity index (χ3n) is 7.44. The first-order valence-electron chi connectivity index (χ1n) is 12.5. The zero-order chi connectivity index (χ0) is 24.2. The molecule has 35 heavy (non-hydrogen) atoms. The molecule has 0 unspecified atom stereocenters. The number of rotatable bonds is 4. The van der Waals surface area contributed by atoms with Crippen molar-refractivity contribution in [2.45, 2.75) is 63.4 Å². The summed E-state index contributed by atoms with van der Waals surface area (Å²) in [7, 11) is -3.76. The summed E-state index contributed by atoms with van der Waals surface area (Å²) in [6, 6.07) is 19.4. The van der Waals surface area contributed by atoms with Gasteiger partial charge in [-0.2, -0.15) is 4.31 Å². The van der Waals surface area contributed by atoms with Gasteiger partial charge in [-0.3, -0.25) is 0 Å². The standard InChI is InChI=1S/C29H30N2O2S2/c1-3-21-13-15-23(16-14-21)35(32,33)31-19-25-24-10-4-5-12-27(24)34-29(25)30-17-7-11-26(30)28(31)22-9-6-8-20(2)18-22/h6-9,11,13-18,28H,3-5,10,12,19H2,1-2H3/t28-/m0/s1. The number of thiophene rings is 1. The van der Waals surface area contributed by atoms with Crippen molar-refractivity contribution in [3.05, 3.63) is 105 Å². The zero-order valence-corrected chi connectivity index (χ0v) is 21.8. The molecule has 3 heterocycles. The van der Waals surface area contributed by atoms with Crippen LogP contribution >= 0.6 is 11.3 Å². The Hall–Kier alpha value is -2.67. The molecule has 1 aliphatic heterocycles. The molecule has 2 aromatic carbocycles. The molecule has 1 aliphatic carbocycles. The second-order valence-corrected chi connectivity index (χ2v) is 12.6. The van der Waals surface area contributed by atoms with Crippen molar-refractivity contribution in [2.24, 2.45) is 0 Å². The zero-order valence-electron chi connectivity index (χ0n) is 20.2. The van der Waals surface area contributed by atoms with Crippen LogP contribution in [0.3, 0.4) is 0 Å². The van der Waals surface area contributed by atoms with Gasteiger partial charge < -0.3 is 4.57 Å². The van der Waals surface area contributed by atoms with Crippen molar-refractivity contribution < 1.29 is 8.42 Å². The number of hydrogen-bond acceptors (Lipinski definition) is 3. The quantitative estimate of drug-likeness (QED) is 0.316. The van der Waals surface area contributed by atoms with E-state index in [1.807, 2.05) is 35.6 Å². The monoisotopic (exact) mass is 502 g/mol. The third-order valence-corrected chi connectivity index (χ3v) is 10.6. The normalized spacial score (nSPS) is 17.9. The molecule has 6 rings (SSSR count). The van der Waals surface area contributed by atoms with Crippen LogP contribution in [-0.4, -0.2) is 17.3 Å². The van der Waals surface area contributed by atoms with Crippen LogP contribution in [0.2, 0.25) is 0 Å². The Bertz CT molecular complexity index is 1500. The van der Waals surface area contributed by atoms with E-state index in [2.05, 4.69) is 48.9 Å². The number of nitrogens with zero attached hydrogens (tertiary/aromatic N) is 2. The Morgan fingerprint density at radius 3 is 2.54 bits per heavy atom. The number of fused-ring (bicyclic) bond motifs is 5. The lowest BCUT2D eigenvalue weighted by atomic mass is 9.95. The molecule has 180 valence electrons. The van der Waals surface area contributed by atoms with Gasteiger partial charge in [-0.05, 0) is 80.0 Å². The van der Waals surface area contributed by atoms with Crippen LogP contribution in [0.5, 0.6) is 0 Å². The van der Waals surface area contributed by atoms with Crippen LogP contribution < -0.4 is 0 Å². The predicted molar refractivity (Wildman–Crippen MR) is 142 cm³/mol. The molecule has 0 N–H and O–H groups in total. The molecular weight excluding hydrogens is 472 g/mol. The van der Waals surface area contributed by atoms with E-state index >= 15 is 0 Å². The lowest BCUT2D eigenvalue weighted by Crippen LogP contribution is -2.35. The third kappa shape index (κ3) is 3.79. The van der Waals surface area contributed by atoms with Gasteiger partial charge in [0.05, 0.1) is 10.9 Å². The summed E-state index contributed by atoms with van der Waals surface area (Å²) in [5.41, 5.74) is 6.83. The maximum atomic E-state index is 14.4. The van der Waals surface area contributed by atoms with Gasteiger partial charge in [0, 0.05) is 28.9 Å². The van der Waals surface area contributed by atoms with Crippen LogP contribution in [-0.2, 0) is 35.8 Å². The summed E-state index contributed by atoms with van der Waals surface area (Å²) in [4.78, 5) is 1.79. The summed E-state index contributed by atoms with van der Waals surface area (Å²) in [6.45, 7) is 4.54. The van der Waals surface area contributed by atoms with Crippen molar-refractivity contribution in [1.82, 2.24) is 8.87 Å². The fourth-order valence-corrected chi connectivity index (χ4v) is 8.57. The molecule has 0 saturated carbocycles. The average Bonchev–Trinajstić information content (AvgIpc) is 3.46. The Morgan fingerprint density at radius 2 is 1.77 bits per heavy atom. The highest BCUT2D eigenvalue weighted by Crippen LogP contribution is 2.45. The highest BCUT2D eigenvalue weighted by molar-refractivity contribution is 7.89. The lowest BCUT2D eigenvalue weighted by molar-refractivity contribution is 0.352. The first-order valence-corrected chi connectivity index (χ1v) is 14.7. The molecular formula is C29H30N2O2S2. The van der Waals surface area contributed by atoms with Gasteiger partial charge in [0.1, 0.15) is 5.00 Å². The molecule has 6 heteroatoms. The average molecular weight is 503 g/mol. The number of hydrogen-bond donors (Lipinski definition) is 0. The van der Waals surface area contributed by atoms with Crippen LogP contribution in [0.4, 0.5) is 0 Å². The van der Waals surface area contributed by atoms with Crippen LogP contribution in [0.1, 0.15) is 64.2 Å². The van der Waals surface area contributed by atoms with E-state index in [-0.39, 0.29) is 0 Å². The number of aryl methyl sites for hydroxylation is 3. The molecule has 2 aromatic heterocycles. The maximum absolute atomic E-state index is 14.4. The minimum atomic E-state index is -3.76. The van der Waals surface area contributed by atoms with E-state index in [9.17, 15) is 8.42 Å². The van der Waals surface area contributed by atoms with Crippen LogP contribution in [0.15, 0.2) is 71.8 Å². The smallest absolute Gasteiger partial charge is 0.244 e. The summed E-state index contributed by atoms with van der Waals surface area (Å²) in [5, 5.41) is 1.19. The molecule has 0 spiro atoms. The van der Waals surface area contributed by atoms with Gasteiger partial charge in [-0.1, -0.05) is 48.9 Å². The Kier molecular flexibility index (Phi) is 5.71. The highest BCUT2D eigenvalue weighted by atomic mass is 32.2. The number of aromatic nitrogens is 1. The Labute approximate surface area is 211 Å². The van der Waals surface area contributed by atoms with E-state index in [4.69, 9.17) is 0 Å². The first kappa shape index (κ1) is 22.8. The van der Waals surface area contributed by atoms with Gasteiger partial charge in [0.2, 0.25) is 10.0 Å². The van der Waals surface area contributed by atoms with Crippen molar-refractivity contribution in [1.29, 1.82) is 0 Å². The van der Waals surface area contributed by atoms with Crippen molar-refractivity contribution in [3.8, 4) is 5.00 Å². The SMILES string of the molecule is CCc1ccc(S(=O)(=O)N2Cc3c(sc4c3CCCC4)-n3cccc3[C@@H]2c2cccc(C)c2)cc1. The highest BCUT2D eigenvalue weighted by Gasteiger charge is 2.40. The molecule has 4 nitrogen and oxygen atoms in total. The van der Waals surface area contributed by atoms with E-state index < -0.39 is 16.1 Å². The van der Waals surface area contributed by atoms with E-state index in [0.29, 0.717) is 11.4 Å². The summed E-state index contributed by atoms with van der Waals surface area (Å²) in [5.74, 6) is 0. The van der Waals surface area contributed by atoms with E-state index in [1.165, 1.54) is 33.8 Å². The molecule has 1 atom stereocenters. The summed E-state index contributed by atoms with van der Waals surface area (Å²) >= 11 is 1.85. The molecule has 0 radical (unpaired) electrons. The largest absolute Gasteiger partial charge is 0.310 e. The van der Waals surface area contributed by atoms with Gasteiger partial charge >= 0.3 is 0 Å². The number of benzene rings is 2. The molecule has 0 saturated heterocycles. The minimum Gasteiger partial charge on any atom is -0.310 e. The number of sulfonamides is 1. The second kappa shape index (κ2) is 8.77. The molecule has 4 aromatic rings.